The molecule has 0 aromatic heterocycles. The Bertz CT molecular complexity index is 876. The Balaban J connectivity index is 1.64. The number of piperazine rings is 1. The first kappa shape index (κ1) is 20.2. The number of nitrogens with zero attached hydrogens (tertiary/aromatic N) is 3. The molecule has 1 heterocycles. The van der Waals surface area contributed by atoms with Crippen LogP contribution in [0.2, 0.25) is 5.02 Å². The smallest absolute Gasteiger partial charge is 0.242 e. The third-order valence-electron chi connectivity index (χ3n) is 5.34. The van der Waals surface area contributed by atoms with Gasteiger partial charge in [-0.15, -0.1) is 0 Å². The van der Waals surface area contributed by atoms with Gasteiger partial charge in [0.15, 0.2) is 0 Å². The van der Waals surface area contributed by atoms with Gasteiger partial charge in [-0.1, -0.05) is 29.8 Å². The van der Waals surface area contributed by atoms with Gasteiger partial charge in [0.05, 0.1) is 0 Å². The van der Waals surface area contributed by atoms with Crippen LogP contribution in [0.25, 0.3) is 0 Å². The Hall–Kier alpha value is -2.53. The zero-order valence-electron chi connectivity index (χ0n) is 16.6. The number of carbonyl (C=O) groups excluding carboxylic acids is 2. The molecule has 0 bridgehead atoms. The van der Waals surface area contributed by atoms with Crippen LogP contribution < -0.4 is 9.80 Å². The molecule has 1 fully saturated rings. The van der Waals surface area contributed by atoms with E-state index < -0.39 is 0 Å². The van der Waals surface area contributed by atoms with Crippen LogP contribution in [0.15, 0.2) is 42.5 Å². The fraction of sp³-hybridized carbons (Fsp3) is 0.364. The van der Waals surface area contributed by atoms with Crippen LogP contribution in [0.1, 0.15) is 18.1 Å². The Labute approximate surface area is 171 Å². The molecule has 1 aliphatic heterocycles. The molecule has 148 valence electrons. The minimum absolute atomic E-state index is 0.0269. The van der Waals surface area contributed by atoms with Gasteiger partial charge < -0.3 is 14.7 Å². The number of rotatable bonds is 4. The first-order chi connectivity index (χ1) is 13.4. The molecule has 5 nitrogen and oxygen atoms in total. The zero-order valence-corrected chi connectivity index (χ0v) is 17.4. The van der Waals surface area contributed by atoms with E-state index in [9.17, 15) is 9.59 Å². The SMILES string of the molecule is CC(=O)N(CC(=O)N1CCN(c2cccc(C)c2C)CC1)c1cccc(Cl)c1. The van der Waals surface area contributed by atoms with Crippen LogP contribution in [0.5, 0.6) is 0 Å². The zero-order chi connectivity index (χ0) is 20.3. The number of benzene rings is 2. The lowest BCUT2D eigenvalue weighted by Gasteiger charge is -2.37. The van der Waals surface area contributed by atoms with Gasteiger partial charge in [-0.3, -0.25) is 9.59 Å². The second kappa shape index (κ2) is 8.65. The van der Waals surface area contributed by atoms with Crippen molar-refractivity contribution in [2.75, 3.05) is 42.5 Å². The van der Waals surface area contributed by atoms with Gasteiger partial charge in [0.25, 0.3) is 0 Å². The van der Waals surface area contributed by atoms with E-state index in [-0.39, 0.29) is 18.4 Å². The Kier molecular flexibility index (Phi) is 6.25. The topological polar surface area (TPSA) is 43.9 Å². The maximum Gasteiger partial charge on any atom is 0.242 e. The number of hydrogen-bond donors (Lipinski definition) is 0. The largest absolute Gasteiger partial charge is 0.368 e. The van der Waals surface area contributed by atoms with Crippen LogP contribution in [0, 0.1) is 13.8 Å². The highest BCUT2D eigenvalue weighted by molar-refractivity contribution is 6.30. The Morgan fingerprint density at radius 2 is 1.71 bits per heavy atom. The highest BCUT2D eigenvalue weighted by Gasteiger charge is 2.25. The molecule has 2 aromatic rings. The van der Waals surface area contributed by atoms with Gasteiger partial charge in [-0.05, 0) is 49.2 Å². The molecule has 0 aliphatic carbocycles. The summed E-state index contributed by atoms with van der Waals surface area (Å²) in [7, 11) is 0. The lowest BCUT2D eigenvalue weighted by atomic mass is 10.1. The average molecular weight is 400 g/mol. The summed E-state index contributed by atoms with van der Waals surface area (Å²) < 4.78 is 0. The third kappa shape index (κ3) is 4.47. The van der Waals surface area contributed by atoms with Crippen molar-refractivity contribution in [1.29, 1.82) is 0 Å². The molecule has 0 unspecified atom stereocenters. The highest BCUT2D eigenvalue weighted by Crippen LogP contribution is 2.24. The van der Waals surface area contributed by atoms with Gasteiger partial charge in [-0.25, -0.2) is 0 Å². The van der Waals surface area contributed by atoms with Gasteiger partial charge in [0.1, 0.15) is 6.54 Å². The molecule has 0 spiro atoms. The number of hydrogen-bond acceptors (Lipinski definition) is 3. The maximum absolute atomic E-state index is 12.8. The van der Waals surface area contributed by atoms with E-state index in [1.807, 2.05) is 4.90 Å². The summed E-state index contributed by atoms with van der Waals surface area (Å²) >= 11 is 6.04. The van der Waals surface area contributed by atoms with Crippen molar-refractivity contribution in [3.8, 4) is 0 Å². The van der Waals surface area contributed by atoms with Gasteiger partial charge >= 0.3 is 0 Å². The summed E-state index contributed by atoms with van der Waals surface area (Å²) in [5, 5.41) is 0.540. The lowest BCUT2D eigenvalue weighted by molar-refractivity contribution is -0.131. The lowest BCUT2D eigenvalue weighted by Crippen LogP contribution is -2.52. The number of halogens is 1. The minimum atomic E-state index is -0.176. The fourth-order valence-corrected chi connectivity index (χ4v) is 3.72. The summed E-state index contributed by atoms with van der Waals surface area (Å²) in [4.78, 5) is 30.5. The Morgan fingerprint density at radius 3 is 2.36 bits per heavy atom. The highest BCUT2D eigenvalue weighted by atomic mass is 35.5. The van der Waals surface area contributed by atoms with Gasteiger partial charge in [0, 0.05) is 49.5 Å². The number of carbonyl (C=O) groups is 2. The second-order valence-electron chi connectivity index (χ2n) is 7.17. The normalized spacial score (nSPS) is 14.1. The second-order valence-corrected chi connectivity index (χ2v) is 7.61. The van der Waals surface area contributed by atoms with Gasteiger partial charge in [-0.2, -0.15) is 0 Å². The van der Waals surface area contributed by atoms with E-state index in [1.165, 1.54) is 28.6 Å². The fourth-order valence-electron chi connectivity index (χ4n) is 3.54. The monoisotopic (exact) mass is 399 g/mol. The predicted octanol–water partition coefficient (Wildman–Crippen LogP) is 3.66. The Morgan fingerprint density at radius 1 is 1.04 bits per heavy atom. The van der Waals surface area contributed by atoms with Crippen molar-refractivity contribution in [2.45, 2.75) is 20.8 Å². The van der Waals surface area contributed by atoms with Crippen molar-refractivity contribution in [3.05, 3.63) is 58.6 Å². The first-order valence-electron chi connectivity index (χ1n) is 9.49. The van der Waals surface area contributed by atoms with Crippen molar-refractivity contribution in [2.24, 2.45) is 0 Å². The summed E-state index contributed by atoms with van der Waals surface area (Å²) in [6, 6.07) is 13.3. The van der Waals surface area contributed by atoms with Crippen molar-refractivity contribution in [3.63, 3.8) is 0 Å². The number of anilines is 2. The van der Waals surface area contributed by atoms with Crippen molar-refractivity contribution >= 4 is 34.8 Å². The van der Waals surface area contributed by atoms with E-state index in [2.05, 4.69) is 36.9 Å². The molecule has 6 heteroatoms. The molecule has 2 aromatic carbocycles. The molecule has 0 atom stereocenters. The molecule has 0 radical (unpaired) electrons. The third-order valence-corrected chi connectivity index (χ3v) is 5.58. The standard InChI is InChI=1S/C22H26ClN3O2/c1-16-6-4-9-21(17(16)2)24-10-12-25(13-11-24)22(28)15-26(18(3)27)20-8-5-7-19(23)14-20/h4-9,14H,10-13,15H2,1-3H3. The van der Waals surface area contributed by atoms with E-state index in [1.54, 1.807) is 24.3 Å². The number of amides is 2. The molecule has 1 aliphatic rings. The summed E-state index contributed by atoms with van der Waals surface area (Å²) in [5.41, 5.74) is 4.43. The predicted molar refractivity (Wildman–Crippen MR) is 114 cm³/mol. The van der Waals surface area contributed by atoms with Crippen LogP contribution >= 0.6 is 11.6 Å². The van der Waals surface area contributed by atoms with Crippen LogP contribution in [-0.4, -0.2) is 49.4 Å². The molecule has 2 amide bonds. The van der Waals surface area contributed by atoms with Crippen LogP contribution in [0.3, 0.4) is 0 Å². The summed E-state index contributed by atoms with van der Waals surface area (Å²) in [6.07, 6.45) is 0. The van der Waals surface area contributed by atoms with E-state index >= 15 is 0 Å². The molecule has 3 rings (SSSR count). The summed E-state index contributed by atoms with van der Waals surface area (Å²) in [6.45, 7) is 8.61. The van der Waals surface area contributed by atoms with E-state index in [0.717, 1.165) is 13.1 Å². The van der Waals surface area contributed by atoms with E-state index in [0.29, 0.717) is 23.8 Å². The first-order valence-corrected chi connectivity index (χ1v) is 9.87. The molecule has 0 N–H and O–H groups in total. The van der Waals surface area contributed by atoms with Crippen molar-refractivity contribution < 1.29 is 9.59 Å². The molecular formula is C22H26ClN3O2. The molecule has 1 saturated heterocycles. The van der Waals surface area contributed by atoms with E-state index in [4.69, 9.17) is 11.6 Å². The molecular weight excluding hydrogens is 374 g/mol. The van der Waals surface area contributed by atoms with Crippen LogP contribution in [0.4, 0.5) is 11.4 Å². The minimum Gasteiger partial charge on any atom is -0.368 e. The molecule has 28 heavy (non-hydrogen) atoms. The summed E-state index contributed by atoms with van der Waals surface area (Å²) in [5.74, 6) is -0.222. The van der Waals surface area contributed by atoms with Crippen molar-refractivity contribution in [1.82, 2.24) is 4.90 Å². The average Bonchev–Trinajstić information content (AvgIpc) is 2.68. The number of aryl methyl sites for hydroxylation is 1. The van der Waals surface area contributed by atoms with Crippen LogP contribution in [-0.2, 0) is 9.59 Å². The maximum atomic E-state index is 12.8. The quantitative estimate of drug-likeness (QED) is 0.788. The molecule has 0 saturated carbocycles. The van der Waals surface area contributed by atoms with Gasteiger partial charge in [0.2, 0.25) is 11.8 Å².